The van der Waals surface area contributed by atoms with Gasteiger partial charge in [0.2, 0.25) is 10.0 Å². The summed E-state index contributed by atoms with van der Waals surface area (Å²) in [6, 6.07) is 6.33. The lowest BCUT2D eigenvalue weighted by Gasteiger charge is -2.34. The predicted octanol–water partition coefficient (Wildman–Crippen LogP) is 0.901. The third-order valence-corrected chi connectivity index (χ3v) is 4.13. The Morgan fingerprint density at radius 2 is 1.90 bits per heavy atom. The molecule has 6 nitrogen and oxygen atoms in total. The fourth-order valence-electron chi connectivity index (χ4n) is 2.44. The Labute approximate surface area is 124 Å². The Kier molecular flexibility index (Phi) is 4.53. The minimum Gasteiger partial charge on any atom is -0.393 e. The van der Waals surface area contributed by atoms with E-state index in [1.165, 1.54) is 0 Å². The van der Waals surface area contributed by atoms with Gasteiger partial charge in [-0.15, -0.1) is 0 Å². The summed E-state index contributed by atoms with van der Waals surface area (Å²) >= 11 is 0. The molecule has 1 saturated carbocycles. The van der Waals surface area contributed by atoms with Crippen molar-refractivity contribution in [3.8, 4) is 0 Å². The van der Waals surface area contributed by atoms with E-state index in [0.29, 0.717) is 23.7 Å². The lowest BCUT2D eigenvalue weighted by atomic mass is 9.82. The van der Waals surface area contributed by atoms with Gasteiger partial charge in [0.05, 0.1) is 12.4 Å². The van der Waals surface area contributed by atoms with E-state index in [4.69, 9.17) is 0 Å². The summed E-state index contributed by atoms with van der Waals surface area (Å²) in [5.41, 5.74) is 0.940. The topological polar surface area (TPSA) is 86.7 Å². The summed E-state index contributed by atoms with van der Waals surface area (Å²) in [5.74, 6) is 0.252. The van der Waals surface area contributed by atoms with E-state index < -0.39 is 10.0 Å². The number of hydrogen-bond donors (Lipinski definition) is 2. The van der Waals surface area contributed by atoms with Gasteiger partial charge in [-0.2, -0.15) is 0 Å². The van der Waals surface area contributed by atoms with Crippen molar-refractivity contribution in [2.75, 3.05) is 24.6 Å². The second-order valence-corrected chi connectivity index (χ2v) is 7.38. The maximum Gasteiger partial charge on any atom is 0.253 e. The Balaban J connectivity index is 1.96. The molecule has 21 heavy (non-hydrogen) atoms. The van der Waals surface area contributed by atoms with Gasteiger partial charge in [0.15, 0.2) is 0 Å². The zero-order chi connectivity index (χ0) is 15.6. The Morgan fingerprint density at radius 3 is 2.38 bits per heavy atom. The van der Waals surface area contributed by atoms with Crippen LogP contribution in [0.1, 0.15) is 23.2 Å². The van der Waals surface area contributed by atoms with Crippen LogP contribution in [0, 0.1) is 5.92 Å². The number of carbonyl (C=O) groups excluding carboxylic acids is 1. The summed E-state index contributed by atoms with van der Waals surface area (Å²) in [7, 11) is -1.58. The van der Waals surface area contributed by atoms with Gasteiger partial charge in [-0.1, -0.05) is 0 Å². The lowest BCUT2D eigenvalue weighted by molar-refractivity contribution is 0.0265. The van der Waals surface area contributed by atoms with E-state index in [1.807, 2.05) is 0 Å². The highest BCUT2D eigenvalue weighted by molar-refractivity contribution is 7.92. The van der Waals surface area contributed by atoms with E-state index in [1.54, 1.807) is 36.2 Å². The Morgan fingerprint density at radius 1 is 1.33 bits per heavy atom. The van der Waals surface area contributed by atoms with Crippen LogP contribution in [-0.4, -0.2) is 50.3 Å². The average molecular weight is 312 g/mol. The monoisotopic (exact) mass is 312 g/mol. The molecule has 1 amide bonds. The van der Waals surface area contributed by atoms with Crippen molar-refractivity contribution in [2.24, 2.45) is 5.92 Å². The van der Waals surface area contributed by atoms with Crippen molar-refractivity contribution < 1.29 is 18.3 Å². The molecular formula is C14H20N2O4S. The first kappa shape index (κ1) is 15.8. The van der Waals surface area contributed by atoms with Crippen LogP contribution in [0.4, 0.5) is 5.69 Å². The molecule has 0 saturated heterocycles. The lowest BCUT2D eigenvalue weighted by Crippen LogP contribution is -2.39. The number of carbonyl (C=O) groups is 1. The number of aliphatic hydroxyl groups is 1. The molecule has 0 heterocycles. The molecule has 0 aliphatic heterocycles. The molecule has 1 aliphatic rings. The van der Waals surface area contributed by atoms with E-state index in [9.17, 15) is 18.3 Å². The second-order valence-electron chi connectivity index (χ2n) is 5.63. The van der Waals surface area contributed by atoms with Crippen LogP contribution in [0.2, 0.25) is 0 Å². The van der Waals surface area contributed by atoms with Crippen LogP contribution in [0.5, 0.6) is 0 Å². The van der Waals surface area contributed by atoms with E-state index in [0.717, 1.165) is 19.1 Å². The highest BCUT2D eigenvalue weighted by Crippen LogP contribution is 2.28. The molecule has 1 aliphatic carbocycles. The summed E-state index contributed by atoms with van der Waals surface area (Å²) < 4.78 is 24.6. The first-order chi connectivity index (χ1) is 9.74. The molecule has 0 aromatic heterocycles. The van der Waals surface area contributed by atoms with E-state index in [2.05, 4.69) is 4.72 Å². The minimum absolute atomic E-state index is 0.109. The fraction of sp³-hybridized carbons (Fsp3) is 0.500. The molecule has 0 spiro atoms. The highest BCUT2D eigenvalue weighted by atomic mass is 32.2. The Hall–Kier alpha value is -1.60. The van der Waals surface area contributed by atoms with Gasteiger partial charge in [-0.25, -0.2) is 8.42 Å². The summed E-state index contributed by atoms with van der Waals surface area (Å²) in [4.78, 5) is 13.9. The molecule has 0 atom stereocenters. The molecule has 116 valence electrons. The van der Waals surface area contributed by atoms with Crippen LogP contribution in [-0.2, 0) is 10.0 Å². The normalized spacial score (nSPS) is 21.5. The van der Waals surface area contributed by atoms with Crippen molar-refractivity contribution in [1.29, 1.82) is 0 Å². The van der Waals surface area contributed by atoms with Crippen molar-refractivity contribution in [3.05, 3.63) is 29.8 Å². The third kappa shape index (κ3) is 4.44. The van der Waals surface area contributed by atoms with E-state index >= 15 is 0 Å². The van der Waals surface area contributed by atoms with Gasteiger partial charge < -0.3 is 10.0 Å². The fourth-order valence-corrected chi connectivity index (χ4v) is 3.00. The first-order valence-corrected chi connectivity index (χ1v) is 8.65. The molecule has 0 bridgehead atoms. The van der Waals surface area contributed by atoms with Gasteiger partial charge in [0.1, 0.15) is 0 Å². The number of benzene rings is 1. The molecule has 7 heteroatoms. The van der Waals surface area contributed by atoms with Crippen LogP contribution in [0.25, 0.3) is 0 Å². The molecule has 1 aromatic rings. The second kappa shape index (κ2) is 6.03. The molecule has 2 N–H and O–H groups in total. The highest BCUT2D eigenvalue weighted by Gasteiger charge is 2.29. The number of aliphatic hydroxyl groups excluding tert-OH is 1. The minimum atomic E-state index is -3.31. The van der Waals surface area contributed by atoms with Crippen LogP contribution >= 0.6 is 0 Å². The zero-order valence-corrected chi connectivity index (χ0v) is 12.9. The molecule has 2 rings (SSSR count). The van der Waals surface area contributed by atoms with E-state index in [-0.39, 0.29) is 12.0 Å². The molecular weight excluding hydrogens is 292 g/mol. The van der Waals surface area contributed by atoms with Gasteiger partial charge >= 0.3 is 0 Å². The summed E-state index contributed by atoms with van der Waals surface area (Å²) in [6.45, 7) is 0.624. The van der Waals surface area contributed by atoms with Gasteiger partial charge in [-0.05, 0) is 43.0 Å². The number of nitrogens with one attached hydrogen (secondary N) is 1. The SMILES string of the molecule is CN(CC1CC(O)C1)C(=O)c1ccc(NS(C)(=O)=O)cc1. The van der Waals surface area contributed by atoms with Gasteiger partial charge in [-0.3, -0.25) is 9.52 Å². The summed E-state index contributed by atoms with van der Waals surface area (Å²) in [5, 5.41) is 9.25. The number of rotatable bonds is 5. The first-order valence-electron chi connectivity index (χ1n) is 6.76. The van der Waals surface area contributed by atoms with Crippen LogP contribution in [0.3, 0.4) is 0 Å². The molecule has 1 fully saturated rings. The van der Waals surface area contributed by atoms with Crippen molar-refractivity contribution >= 4 is 21.6 Å². The molecule has 0 radical (unpaired) electrons. The van der Waals surface area contributed by atoms with Crippen molar-refractivity contribution in [1.82, 2.24) is 4.90 Å². The average Bonchev–Trinajstić information content (AvgIpc) is 2.35. The zero-order valence-electron chi connectivity index (χ0n) is 12.1. The van der Waals surface area contributed by atoms with Crippen LogP contribution < -0.4 is 4.72 Å². The maximum atomic E-state index is 12.2. The molecule has 0 unspecified atom stereocenters. The predicted molar refractivity (Wildman–Crippen MR) is 80.6 cm³/mol. The smallest absolute Gasteiger partial charge is 0.253 e. The molecule has 1 aromatic carbocycles. The number of anilines is 1. The van der Waals surface area contributed by atoms with Crippen molar-refractivity contribution in [3.63, 3.8) is 0 Å². The van der Waals surface area contributed by atoms with Crippen LogP contribution in [0.15, 0.2) is 24.3 Å². The number of amides is 1. The maximum absolute atomic E-state index is 12.2. The third-order valence-electron chi connectivity index (χ3n) is 3.52. The number of hydrogen-bond acceptors (Lipinski definition) is 4. The Bertz CT molecular complexity index is 606. The van der Waals surface area contributed by atoms with Gasteiger partial charge in [0, 0.05) is 24.8 Å². The van der Waals surface area contributed by atoms with Gasteiger partial charge in [0.25, 0.3) is 5.91 Å². The largest absolute Gasteiger partial charge is 0.393 e. The number of nitrogens with zero attached hydrogens (tertiary/aromatic N) is 1. The number of sulfonamides is 1. The standard InChI is InChI=1S/C14H20N2O4S/c1-16(9-10-7-13(17)8-10)14(18)11-3-5-12(6-4-11)15-21(2,19)20/h3-6,10,13,15,17H,7-9H2,1-2H3. The summed E-state index contributed by atoms with van der Waals surface area (Å²) in [6.07, 6.45) is 2.34. The quantitative estimate of drug-likeness (QED) is 0.846. The van der Waals surface area contributed by atoms with Crippen molar-refractivity contribution in [2.45, 2.75) is 18.9 Å².